The van der Waals surface area contributed by atoms with Crippen LogP contribution in [0.5, 0.6) is 17.2 Å². The van der Waals surface area contributed by atoms with Gasteiger partial charge in [0.05, 0.1) is 21.3 Å². The van der Waals surface area contributed by atoms with Crippen molar-refractivity contribution in [3.63, 3.8) is 0 Å². The number of ether oxygens (including phenoxy) is 3. The van der Waals surface area contributed by atoms with Gasteiger partial charge in [-0.2, -0.15) is 4.72 Å². The molecular weight excluding hydrogens is 326 g/mol. The molecule has 0 saturated carbocycles. The van der Waals surface area contributed by atoms with E-state index in [1.165, 1.54) is 33.5 Å². The van der Waals surface area contributed by atoms with Crippen LogP contribution >= 0.6 is 0 Å². The number of aliphatic carboxylic acids is 1. The second-order valence-electron chi connectivity index (χ2n) is 5.04. The smallest absolute Gasteiger partial charge is 0.322 e. The molecule has 1 rings (SSSR count). The van der Waals surface area contributed by atoms with Gasteiger partial charge in [0.25, 0.3) is 0 Å². The van der Waals surface area contributed by atoms with E-state index in [-0.39, 0.29) is 16.4 Å². The molecule has 1 atom stereocenters. The lowest BCUT2D eigenvalue weighted by Gasteiger charge is -2.20. The molecule has 0 heterocycles. The number of sulfonamides is 1. The first-order valence-corrected chi connectivity index (χ1v) is 8.21. The molecule has 0 aliphatic rings. The summed E-state index contributed by atoms with van der Waals surface area (Å²) in [4.78, 5) is 11.0. The molecule has 0 amide bonds. The Morgan fingerprint density at radius 1 is 1.09 bits per heavy atom. The van der Waals surface area contributed by atoms with Crippen LogP contribution < -0.4 is 18.9 Å². The van der Waals surface area contributed by atoms with Crippen LogP contribution in [0.2, 0.25) is 0 Å². The van der Waals surface area contributed by atoms with Gasteiger partial charge in [-0.3, -0.25) is 4.79 Å². The van der Waals surface area contributed by atoms with Gasteiger partial charge in [0.2, 0.25) is 10.0 Å². The van der Waals surface area contributed by atoms with E-state index < -0.39 is 28.0 Å². The average molecular weight is 347 g/mol. The second-order valence-corrected chi connectivity index (χ2v) is 6.69. The van der Waals surface area contributed by atoms with E-state index in [4.69, 9.17) is 14.2 Å². The summed E-state index contributed by atoms with van der Waals surface area (Å²) in [5.41, 5.74) is 0. The molecule has 1 aromatic carbocycles. The normalized spacial score (nSPS) is 12.8. The fraction of sp³-hybridized carbons (Fsp3) is 0.500. The molecule has 1 aromatic rings. The van der Waals surface area contributed by atoms with E-state index in [2.05, 4.69) is 4.72 Å². The first-order valence-electron chi connectivity index (χ1n) is 6.73. The number of hydrogen-bond donors (Lipinski definition) is 2. The molecule has 9 heteroatoms. The van der Waals surface area contributed by atoms with Crippen LogP contribution in [-0.4, -0.2) is 46.9 Å². The molecule has 0 radical (unpaired) electrons. The monoisotopic (exact) mass is 347 g/mol. The van der Waals surface area contributed by atoms with Crippen LogP contribution in [-0.2, 0) is 14.8 Å². The van der Waals surface area contributed by atoms with Gasteiger partial charge in [0.1, 0.15) is 23.3 Å². The van der Waals surface area contributed by atoms with E-state index in [0.29, 0.717) is 5.75 Å². The van der Waals surface area contributed by atoms with Gasteiger partial charge in [0, 0.05) is 12.1 Å². The van der Waals surface area contributed by atoms with E-state index >= 15 is 0 Å². The second kappa shape index (κ2) is 7.51. The average Bonchev–Trinajstić information content (AvgIpc) is 2.50. The van der Waals surface area contributed by atoms with Crippen LogP contribution in [0.25, 0.3) is 0 Å². The van der Waals surface area contributed by atoms with Crippen LogP contribution in [0.3, 0.4) is 0 Å². The third-order valence-corrected chi connectivity index (χ3v) is 4.66. The lowest BCUT2D eigenvalue weighted by atomic mass is 10.1. The minimum absolute atomic E-state index is 0.0124. The molecule has 0 bridgehead atoms. The summed E-state index contributed by atoms with van der Waals surface area (Å²) < 4.78 is 42.7. The van der Waals surface area contributed by atoms with E-state index in [1.54, 1.807) is 13.8 Å². The third-order valence-electron chi connectivity index (χ3n) is 3.15. The summed E-state index contributed by atoms with van der Waals surface area (Å²) in [6.45, 7) is 3.20. The van der Waals surface area contributed by atoms with Crippen LogP contribution in [0.1, 0.15) is 13.8 Å². The quantitative estimate of drug-likeness (QED) is 0.724. The SMILES string of the molecule is COc1cc(OC)c(S(=O)(=O)N[C@@H](C(=O)O)C(C)C)c(OC)c1. The van der Waals surface area contributed by atoms with Crippen LogP contribution in [0, 0.1) is 5.92 Å². The molecular formula is C14H21NO7S. The Morgan fingerprint density at radius 2 is 1.57 bits per heavy atom. The summed E-state index contributed by atoms with van der Waals surface area (Å²) in [6, 6.07) is 1.47. The maximum absolute atomic E-state index is 12.6. The standard InChI is InChI=1S/C14H21NO7S/c1-8(2)12(14(16)17)15-23(18,19)13-10(21-4)6-9(20-3)7-11(13)22-5/h6-8,12,15H,1-5H3,(H,16,17)/t12-/m1/s1. The number of carboxylic acids is 1. The summed E-state index contributed by atoms with van der Waals surface area (Å²) in [5.74, 6) is -1.40. The number of nitrogens with one attached hydrogen (secondary N) is 1. The van der Waals surface area contributed by atoms with Gasteiger partial charge in [-0.1, -0.05) is 13.8 Å². The largest absolute Gasteiger partial charge is 0.496 e. The van der Waals surface area contributed by atoms with E-state index in [1.807, 2.05) is 0 Å². The molecule has 0 unspecified atom stereocenters. The van der Waals surface area contributed by atoms with Crippen molar-refractivity contribution in [1.29, 1.82) is 0 Å². The summed E-state index contributed by atoms with van der Waals surface area (Å²) >= 11 is 0. The Kier molecular flexibility index (Phi) is 6.22. The highest BCUT2D eigenvalue weighted by Gasteiger charge is 2.32. The maximum Gasteiger partial charge on any atom is 0.322 e. The molecule has 0 saturated heterocycles. The van der Waals surface area contributed by atoms with Gasteiger partial charge >= 0.3 is 5.97 Å². The van der Waals surface area contributed by atoms with Gasteiger partial charge in [-0.05, 0) is 5.92 Å². The molecule has 0 aliphatic carbocycles. The summed E-state index contributed by atoms with van der Waals surface area (Å²) in [6.07, 6.45) is 0. The molecule has 0 aliphatic heterocycles. The zero-order valence-corrected chi connectivity index (χ0v) is 14.4. The molecule has 23 heavy (non-hydrogen) atoms. The fourth-order valence-electron chi connectivity index (χ4n) is 1.94. The highest BCUT2D eigenvalue weighted by molar-refractivity contribution is 7.89. The molecule has 130 valence electrons. The van der Waals surface area contributed by atoms with Crippen molar-refractivity contribution in [3.05, 3.63) is 12.1 Å². The van der Waals surface area contributed by atoms with Gasteiger partial charge in [-0.25, -0.2) is 8.42 Å². The number of hydrogen-bond acceptors (Lipinski definition) is 6. The zero-order chi connectivity index (χ0) is 17.8. The van der Waals surface area contributed by atoms with Crippen molar-refractivity contribution < 1.29 is 32.5 Å². The predicted octanol–water partition coefficient (Wildman–Crippen LogP) is 1.10. The maximum atomic E-state index is 12.6. The topological polar surface area (TPSA) is 111 Å². The number of benzene rings is 1. The molecule has 2 N–H and O–H groups in total. The number of carboxylic acid groups (broad SMARTS) is 1. The molecule has 0 fully saturated rings. The van der Waals surface area contributed by atoms with Crippen molar-refractivity contribution >= 4 is 16.0 Å². The van der Waals surface area contributed by atoms with Crippen LogP contribution in [0.4, 0.5) is 0 Å². The van der Waals surface area contributed by atoms with Gasteiger partial charge in [-0.15, -0.1) is 0 Å². The Hall–Kier alpha value is -2.00. The molecule has 0 aromatic heterocycles. The van der Waals surface area contributed by atoms with E-state index in [9.17, 15) is 18.3 Å². The van der Waals surface area contributed by atoms with Crippen molar-refractivity contribution in [1.82, 2.24) is 4.72 Å². The zero-order valence-electron chi connectivity index (χ0n) is 13.6. The third kappa shape index (κ3) is 4.26. The lowest BCUT2D eigenvalue weighted by molar-refractivity contribution is -0.140. The highest BCUT2D eigenvalue weighted by atomic mass is 32.2. The number of rotatable bonds is 8. The minimum atomic E-state index is -4.20. The van der Waals surface area contributed by atoms with Crippen molar-refractivity contribution in [3.8, 4) is 17.2 Å². The Bertz CT molecular complexity index is 645. The first-order chi connectivity index (χ1) is 10.7. The highest BCUT2D eigenvalue weighted by Crippen LogP contribution is 2.37. The van der Waals surface area contributed by atoms with Crippen LogP contribution in [0.15, 0.2) is 17.0 Å². The first kappa shape index (κ1) is 19.0. The Morgan fingerprint density at radius 3 is 1.87 bits per heavy atom. The number of methoxy groups -OCH3 is 3. The Balaban J connectivity index is 3.45. The molecule has 8 nitrogen and oxygen atoms in total. The van der Waals surface area contributed by atoms with Crippen molar-refractivity contribution in [2.24, 2.45) is 5.92 Å². The summed E-state index contributed by atoms with van der Waals surface area (Å²) in [5, 5.41) is 9.18. The van der Waals surface area contributed by atoms with E-state index in [0.717, 1.165) is 0 Å². The minimum Gasteiger partial charge on any atom is -0.496 e. The predicted molar refractivity (Wildman–Crippen MR) is 82.7 cm³/mol. The Labute approximate surface area is 135 Å². The fourth-order valence-corrected chi connectivity index (χ4v) is 3.58. The summed E-state index contributed by atoms with van der Waals surface area (Å²) in [7, 11) is -0.188. The van der Waals surface area contributed by atoms with Crippen molar-refractivity contribution in [2.75, 3.05) is 21.3 Å². The van der Waals surface area contributed by atoms with Crippen molar-refractivity contribution in [2.45, 2.75) is 24.8 Å². The van der Waals surface area contributed by atoms with Gasteiger partial charge < -0.3 is 19.3 Å². The number of carbonyl (C=O) groups is 1. The molecule has 0 spiro atoms. The lowest BCUT2D eigenvalue weighted by Crippen LogP contribution is -2.44. The van der Waals surface area contributed by atoms with Gasteiger partial charge in [0.15, 0.2) is 4.90 Å².